The number of nitrogens with zero attached hydrogens (tertiary/aromatic N) is 2. The molecule has 0 bridgehead atoms. The highest BCUT2D eigenvalue weighted by molar-refractivity contribution is 7.89. The first-order chi connectivity index (χ1) is 10.1. The Kier molecular flexibility index (Phi) is 6.88. The van der Waals surface area contributed by atoms with Gasteiger partial charge in [0.15, 0.2) is 0 Å². The van der Waals surface area contributed by atoms with Gasteiger partial charge in [0.2, 0.25) is 10.0 Å². The third kappa shape index (κ3) is 6.61. The molecule has 0 amide bonds. The zero-order valence-electron chi connectivity index (χ0n) is 13.2. The Morgan fingerprint density at radius 1 is 1.05 bits per heavy atom. The van der Waals surface area contributed by atoms with E-state index in [0.717, 1.165) is 45.8 Å². The van der Waals surface area contributed by atoms with Crippen molar-refractivity contribution >= 4 is 10.0 Å². The highest BCUT2D eigenvalue weighted by Gasteiger charge is 2.20. The number of hydrogen-bond acceptors (Lipinski definition) is 5. The number of nitrogens with one attached hydrogen (secondary N) is 2. The second-order valence-electron chi connectivity index (χ2n) is 6.29. The fourth-order valence-electron chi connectivity index (χ4n) is 3.12. The van der Waals surface area contributed by atoms with E-state index in [1.54, 1.807) is 0 Å². The third-order valence-electron chi connectivity index (χ3n) is 4.25. The molecule has 0 saturated carbocycles. The van der Waals surface area contributed by atoms with E-state index in [4.69, 9.17) is 0 Å². The summed E-state index contributed by atoms with van der Waals surface area (Å²) in [7, 11) is -3.17. The number of rotatable bonds is 7. The average molecular weight is 318 g/mol. The summed E-state index contributed by atoms with van der Waals surface area (Å²) in [5.74, 6) is 0.206. The normalized spacial score (nSPS) is 24.0. The van der Waals surface area contributed by atoms with Gasteiger partial charge in [0.05, 0.1) is 5.75 Å². The number of piperidine rings is 1. The van der Waals surface area contributed by atoms with Crippen LogP contribution in [0.1, 0.15) is 26.2 Å². The summed E-state index contributed by atoms with van der Waals surface area (Å²) in [6, 6.07) is -0.00359. The number of likely N-dealkylation sites (tertiary alicyclic amines) is 1. The zero-order chi connectivity index (χ0) is 15.1. The highest BCUT2D eigenvalue weighted by atomic mass is 32.2. The molecule has 2 aliphatic heterocycles. The molecular formula is C14H30N4O2S. The van der Waals surface area contributed by atoms with Crippen LogP contribution in [0.2, 0.25) is 0 Å². The highest BCUT2D eigenvalue weighted by Crippen LogP contribution is 2.09. The molecule has 1 atom stereocenters. The van der Waals surface area contributed by atoms with Crippen LogP contribution >= 0.6 is 0 Å². The van der Waals surface area contributed by atoms with Crippen molar-refractivity contribution in [2.24, 2.45) is 0 Å². The quantitative estimate of drug-likeness (QED) is 0.674. The van der Waals surface area contributed by atoms with Crippen molar-refractivity contribution in [3.8, 4) is 0 Å². The fourth-order valence-corrected chi connectivity index (χ4v) is 4.42. The van der Waals surface area contributed by atoms with Crippen molar-refractivity contribution in [1.29, 1.82) is 0 Å². The number of piperazine rings is 1. The van der Waals surface area contributed by atoms with E-state index in [-0.39, 0.29) is 11.8 Å². The molecule has 6 nitrogen and oxygen atoms in total. The van der Waals surface area contributed by atoms with Crippen LogP contribution in [-0.2, 0) is 10.0 Å². The molecule has 2 heterocycles. The maximum absolute atomic E-state index is 12.2. The first-order valence-corrected chi connectivity index (χ1v) is 9.86. The van der Waals surface area contributed by atoms with Crippen molar-refractivity contribution in [2.45, 2.75) is 32.2 Å². The lowest BCUT2D eigenvalue weighted by atomic mass is 10.1. The minimum atomic E-state index is -3.17. The Morgan fingerprint density at radius 3 is 2.38 bits per heavy atom. The molecule has 2 fully saturated rings. The first-order valence-electron chi connectivity index (χ1n) is 8.20. The van der Waals surface area contributed by atoms with Crippen molar-refractivity contribution in [1.82, 2.24) is 19.8 Å². The van der Waals surface area contributed by atoms with Crippen LogP contribution in [0.4, 0.5) is 0 Å². The van der Waals surface area contributed by atoms with E-state index >= 15 is 0 Å². The van der Waals surface area contributed by atoms with Gasteiger partial charge in [0.25, 0.3) is 0 Å². The van der Waals surface area contributed by atoms with Gasteiger partial charge in [0, 0.05) is 45.3 Å². The van der Waals surface area contributed by atoms with Gasteiger partial charge in [-0.3, -0.25) is 4.90 Å². The molecule has 0 aromatic carbocycles. The van der Waals surface area contributed by atoms with Crippen molar-refractivity contribution < 1.29 is 8.42 Å². The maximum atomic E-state index is 12.2. The Hall–Kier alpha value is -0.210. The Bertz CT molecular complexity index is 390. The van der Waals surface area contributed by atoms with Crippen LogP contribution in [0.15, 0.2) is 0 Å². The van der Waals surface area contributed by atoms with E-state index in [0.29, 0.717) is 6.54 Å². The van der Waals surface area contributed by atoms with Crippen LogP contribution in [0.5, 0.6) is 0 Å². The molecule has 2 N–H and O–H groups in total. The molecule has 2 saturated heterocycles. The van der Waals surface area contributed by atoms with E-state index < -0.39 is 10.0 Å². The summed E-state index contributed by atoms with van der Waals surface area (Å²) in [4.78, 5) is 4.58. The summed E-state index contributed by atoms with van der Waals surface area (Å²) < 4.78 is 27.1. The predicted molar refractivity (Wildman–Crippen MR) is 86.0 cm³/mol. The second kappa shape index (κ2) is 8.43. The largest absolute Gasteiger partial charge is 0.314 e. The summed E-state index contributed by atoms with van der Waals surface area (Å²) >= 11 is 0. The molecular weight excluding hydrogens is 288 g/mol. The molecule has 2 rings (SSSR count). The average Bonchev–Trinajstić information content (AvgIpc) is 2.47. The monoisotopic (exact) mass is 318 g/mol. The van der Waals surface area contributed by atoms with Crippen LogP contribution in [0.3, 0.4) is 0 Å². The van der Waals surface area contributed by atoms with Gasteiger partial charge in [-0.25, -0.2) is 13.1 Å². The Labute approximate surface area is 129 Å². The molecule has 0 aromatic rings. The Balaban J connectivity index is 1.68. The van der Waals surface area contributed by atoms with Crippen LogP contribution in [0, 0.1) is 0 Å². The van der Waals surface area contributed by atoms with E-state index in [9.17, 15) is 8.42 Å². The van der Waals surface area contributed by atoms with E-state index in [1.807, 2.05) is 6.92 Å². The molecule has 1 unspecified atom stereocenters. The molecule has 7 heteroatoms. The standard InChI is InChI=1S/C14H30N4O2S/c1-14(13-18-7-3-2-4-8-18)16-21(19,20)12-11-17-9-5-15-6-10-17/h14-16H,2-13H2,1H3. The molecule has 0 spiro atoms. The summed E-state index contributed by atoms with van der Waals surface area (Å²) in [6.45, 7) is 9.44. The van der Waals surface area contributed by atoms with Crippen LogP contribution < -0.4 is 10.0 Å². The number of sulfonamides is 1. The Morgan fingerprint density at radius 2 is 1.71 bits per heavy atom. The van der Waals surface area contributed by atoms with E-state index in [2.05, 4.69) is 19.8 Å². The van der Waals surface area contributed by atoms with Gasteiger partial charge in [0.1, 0.15) is 0 Å². The molecule has 0 aliphatic carbocycles. The van der Waals surface area contributed by atoms with E-state index in [1.165, 1.54) is 19.3 Å². The molecule has 0 radical (unpaired) electrons. The van der Waals surface area contributed by atoms with Crippen LogP contribution in [0.25, 0.3) is 0 Å². The molecule has 124 valence electrons. The lowest BCUT2D eigenvalue weighted by molar-refractivity contribution is 0.215. The number of hydrogen-bond donors (Lipinski definition) is 2. The summed E-state index contributed by atoms with van der Waals surface area (Å²) in [5.41, 5.74) is 0. The van der Waals surface area contributed by atoms with Crippen molar-refractivity contribution in [3.63, 3.8) is 0 Å². The predicted octanol–water partition coefficient (Wildman–Crippen LogP) is -0.315. The fraction of sp³-hybridized carbons (Fsp3) is 1.00. The third-order valence-corrected chi connectivity index (χ3v) is 5.73. The lowest BCUT2D eigenvalue weighted by Gasteiger charge is -2.30. The van der Waals surface area contributed by atoms with Gasteiger partial charge < -0.3 is 10.2 Å². The van der Waals surface area contributed by atoms with Gasteiger partial charge >= 0.3 is 0 Å². The minimum absolute atomic E-state index is 0.00359. The van der Waals surface area contributed by atoms with Gasteiger partial charge in [-0.2, -0.15) is 0 Å². The lowest BCUT2D eigenvalue weighted by Crippen LogP contribution is -2.48. The second-order valence-corrected chi connectivity index (χ2v) is 8.16. The van der Waals surface area contributed by atoms with Crippen LogP contribution in [-0.4, -0.2) is 82.4 Å². The topological polar surface area (TPSA) is 64.7 Å². The summed E-state index contributed by atoms with van der Waals surface area (Å²) in [6.07, 6.45) is 3.78. The molecule has 0 aromatic heterocycles. The van der Waals surface area contributed by atoms with Gasteiger partial charge in [-0.15, -0.1) is 0 Å². The molecule has 2 aliphatic rings. The van der Waals surface area contributed by atoms with Gasteiger partial charge in [-0.1, -0.05) is 6.42 Å². The van der Waals surface area contributed by atoms with Crippen molar-refractivity contribution in [3.05, 3.63) is 0 Å². The first kappa shape index (κ1) is 17.1. The summed E-state index contributed by atoms with van der Waals surface area (Å²) in [5, 5.41) is 3.28. The molecule has 21 heavy (non-hydrogen) atoms. The maximum Gasteiger partial charge on any atom is 0.213 e. The smallest absolute Gasteiger partial charge is 0.213 e. The van der Waals surface area contributed by atoms with Gasteiger partial charge in [-0.05, 0) is 32.9 Å². The zero-order valence-corrected chi connectivity index (χ0v) is 14.0. The SMILES string of the molecule is CC(CN1CCCCC1)NS(=O)(=O)CCN1CCNCC1. The van der Waals surface area contributed by atoms with Crippen molar-refractivity contribution in [2.75, 3.05) is 58.1 Å². The minimum Gasteiger partial charge on any atom is -0.314 e.